The zero-order valence-electron chi connectivity index (χ0n) is 13.3. The van der Waals surface area contributed by atoms with Crippen molar-refractivity contribution in [2.75, 3.05) is 13.7 Å². The third kappa shape index (κ3) is 4.47. The molecule has 1 unspecified atom stereocenters. The fourth-order valence-electron chi connectivity index (χ4n) is 2.34. The predicted molar refractivity (Wildman–Crippen MR) is 84.1 cm³/mol. The van der Waals surface area contributed by atoms with Gasteiger partial charge in [-0.2, -0.15) is 0 Å². The van der Waals surface area contributed by atoms with Crippen LogP contribution >= 0.6 is 0 Å². The molecule has 1 saturated heterocycles. The quantitative estimate of drug-likeness (QED) is 0.404. The van der Waals surface area contributed by atoms with E-state index in [1.54, 1.807) is 6.07 Å². The number of carboxylic acids is 1. The molecule has 1 heterocycles. The van der Waals surface area contributed by atoms with E-state index in [0.717, 1.165) is 6.08 Å². The Labute approximate surface area is 143 Å². The molecule has 0 amide bonds. The van der Waals surface area contributed by atoms with Gasteiger partial charge in [-0.3, -0.25) is 0 Å². The summed E-state index contributed by atoms with van der Waals surface area (Å²) < 4.78 is 15.9. The Bertz CT molecular complexity index is 628. The maximum Gasteiger partial charge on any atom is 0.328 e. The molecule has 9 heteroatoms. The van der Waals surface area contributed by atoms with Crippen LogP contribution in [-0.4, -0.2) is 75.9 Å². The number of hydrogen-bond acceptors (Lipinski definition) is 8. The lowest BCUT2D eigenvalue weighted by molar-refractivity contribution is -0.277. The van der Waals surface area contributed by atoms with E-state index in [4.69, 9.17) is 19.3 Å². The summed E-state index contributed by atoms with van der Waals surface area (Å²) in [6, 6.07) is 4.54. The highest BCUT2D eigenvalue weighted by molar-refractivity contribution is 5.85. The van der Waals surface area contributed by atoms with Crippen molar-refractivity contribution < 1.29 is 44.5 Å². The number of aliphatic carboxylic acids is 1. The molecule has 0 spiro atoms. The van der Waals surface area contributed by atoms with Crippen LogP contribution in [0.5, 0.6) is 11.5 Å². The van der Waals surface area contributed by atoms with Crippen LogP contribution in [0, 0.1) is 0 Å². The number of ether oxygens (including phenoxy) is 3. The maximum atomic E-state index is 10.6. The highest BCUT2D eigenvalue weighted by atomic mass is 16.7. The summed E-state index contributed by atoms with van der Waals surface area (Å²) in [5.74, 6) is -0.690. The van der Waals surface area contributed by atoms with E-state index in [1.165, 1.54) is 25.3 Å². The second-order valence-electron chi connectivity index (χ2n) is 5.40. The topological polar surface area (TPSA) is 146 Å². The van der Waals surface area contributed by atoms with Gasteiger partial charge in [-0.05, 0) is 23.8 Å². The lowest BCUT2D eigenvalue weighted by Gasteiger charge is -2.39. The van der Waals surface area contributed by atoms with E-state index in [2.05, 4.69) is 0 Å². The molecule has 138 valence electrons. The number of rotatable bonds is 6. The largest absolute Gasteiger partial charge is 0.493 e. The molecule has 1 aliphatic heterocycles. The Morgan fingerprint density at radius 2 is 1.92 bits per heavy atom. The van der Waals surface area contributed by atoms with Gasteiger partial charge in [0.1, 0.15) is 24.4 Å². The van der Waals surface area contributed by atoms with Gasteiger partial charge in [0.2, 0.25) is 6.29 Å². The molecule has 2 rings (SSSR count). The normalized spacial score (nSPS) is 29.6. The number of aliphatic hydroxyl groups excluding tert-OH is 4. The van der Waals surface area contributed by atoms with Crippen molar-refractivity contribution in [2.45, 2.75) is 30.7 Å². The van der Waals surface area contributed by atoms with Crippen molar-refractivity contribution in [3.8, 4) is 11.5 Å². The summed E-state index contributed by atoms with van der Waals surface area (Å²) >= 11 is 0. The predicted octanol–water partition coefficient (Wildman–Crippen LogP) is -1.03. The van der Waals surface area contributed by atoms with Crippen LogP contribution in [0.3, 0.4) is 0 Å². The van der Waals surface area contributed by atoms with Crippen LogP contribution in [0.4, 0.5) is 0 Å². The van der Waals surface area contributed by atoms with Gasteiger partial charge in [0.15, 0.2) is 11.5 Å². The Kier molecular flexibility index (Phi) is 6.34. The number of aliphatic hydroxyl groups is 4. The standard InChI is InChI=1S/C16H20O9/c1-23-10-6-8(3-5-12(18)19)2-4-9(10)24-16-15(22)14(21)13(20)11(7-17)25-16/h2-6,11,13-17,20-22H,7H2,1H3,(H,18,19)/b5-3+/t11-,13-,14+,15-,16?/m1/s1. The number of carboxylic acid groups (broad SMARTS) is 1. The molecular formula is C16H20O9. The molecule has 1 fully saturated rings. The fourth-order valence-corrected chi connectivity index (χ4v) is 2.34. The fraction of sp³-hybridized carbons (Fsp3) is 0.438. The molecule has 5 atom stereocenters. The van der Waals surface area contributed by atoms with Gasteiger partial charge < -0.3 is 39.7 Å². The first kappa shape index (κ1) is 19.2. The number of benzene rings is 1. The van der Waals surface area contributed by atoms with Gasteiger partial charge in [-0.25, -0.2) is 4.79 Å². The second-order valence-corrected chi connectivity index (χ2v) is 5.40. The first-order valence-electron chi connectivity index (χ1n) is 7.43. The minimum Gasteiger partial charge on any atom is -0.493 e. The van der Waals surface area contributed by atoms with Crippen molar-refractivity contribution >= 4 is 12.0 Å². The van der Waals surface area contributed by atoms with Crippen LogP contribution < -0.4 is 9.47 Å². The number of methoxy groups -OCH3 is 1. The minimum atomic E-state index is -1.56. The van der Waals surface area contributed by atoms with Gasteiger partial charge in [-0.1, -0.05) is 6.07 Å². The third-order valence-corrected chi connectivity index (χ3v) is 3.70. The lowest BCUT2D eigenvalue weighted by atomic mass is 9.99. The van der Waals surface area contributed by atoms with Crippen molar-refractivity contribution in [1.82, 2.24) is 0 Å². The third-order valence-electron chi connectivity index (χ3n) is 3.70. The summed E-state index contributed by atoms with van der Waals surface area (Å²) in [7, 11) is 1.38. The van der Waals surface area contributed by atoms with E-state index in [9.17, 15) is 25.2 Å². The maximum absolute atomic E-state index is 10.6. The first-order valence-corrected chi connectivity index (χ1v) is 7.43. The summed E-state index contributed by atoms with van der Waals surface area (Å²) in [6.45, 7) is -0.569. The lowest BCUT2D eigenvalue weighted by Crippen LogP contribution is -2.60. The molecule has 0 saturated carbocycles. The molecule has 25 heavy (non-hydrogen) atoms. The average molecular weight is 356 g/mol. The first-order chi connectivity index (χ1) is 11.9. The van der Waals surface area contributed by atoms with Gasteiger partial charge in [0.25, 0.3) is 0 Å². The van der Waals surface area contributed by atoms with Gasteiger partial charge in [0, 0.05) is 6.08 Å². The highest BCUT2D eigenvalue weighted by Crippen LogP contribution is 2.32. The molecule has 0 bridgehead atoms. The number of carbonyl (C=O) groups is 1. The second kappa shape index (κ2) is 8.28. The zero-order chi connectivity index (χ0) is 18.6. The summed E-state index contributed by atoms with van der Waals surface area (Å²) in [5.41, 5.74) is 0.542. The van der Waals surface area contributed by atoms with Gasteiger partial charge in [-0.15, -0.1) is 0 Å². The molecular weight excluding hydrogens is 336 g/mol. The molecule has 1 aromatic rings. The molecule has 0 aliphatic carbocycles. The van der Waals surface area contributed by atoms with Gasteiger partial charge >= 0.3 is 5.97 Å². The molecule has 1 aromatic carbocycles. The Morgan fingerprint density at radius 3 is 2.52 bits per heavy atom. The van der Waals surface area contributed by atoms with E-state index in [1.807, 2.05) is 0 Å². The van der Waals surface area contributed by atoms with E-state index >= 15 is 0 Å². The highest BCUT2D eigenvalue weighted by Gasteiger charge is 2.44. The number of hydrogen-bond donors (Lipinski definition) is 5. The van der Waals surface area contributed by atoms with Crippen molar-refractivity contribution in [3.05, 3.63) is 29.8 Å². The Hall–Kier alpha value is -2.17. The zero-order valence-corrected chi connectivity index (χ0v) is 13.3. The SMILES string of the molecule is COc1cc(/C=C/C(=O)O)ccc1OC1O[C@H](CO)[C@@H](O)[C@H](O)[C@H]1O. The monoisotopic (exact) mass is 356 g/mol. The van der Waals surface area contributed by atoms with Crippen LogP contribution in [0.2, 0.25) is 0 Å². The molecule has 9 nitrogen and oxygen atoms in total. The Balaban J connectivity index is 2.19. The molecule has 5 N–H and O–H groups in total. The van der Waals surface area contributed by atoms with Crippen LogP contribution in [0.15, 0.2) is 24.3 Å². The van der Waals surface area contributed by atoms with E-state index in [-0.39, 0.29) is 11.5 Å². The van der Waals surface area contributed by atoms with Crippen molar-refractivity contribution in [3.63, 3.8) is 0 Å². The van der Waals surface area contributed by atoms with Crippen LogP contribution in [0.25, 0.3) is 6.08 Å². The average Bonchev–Trinajstić information content (AvgIpc) is 2.60. The summed E-state index contributed by atoms with van der Waals surface area (Å²) in [5, 5.41) is 47.3. The van der Waals surface area contributed by atoms with Gasteiger partial charge in [0.05, 0.1) is 13.7 Å². The molecule has 1 aliphatic rings. The van der Waals surface area contributed by atoms with Crippen molar-refractivity contribution in [1.29, 1.82) is 0 Å². The van der Waals surface area contributed by atoms with Crippen molar-refractivity contribution in [2.24, 2.45) is 0 Å². The van der Waals surface area contributed by atoms with E-state index < -0.39 is 43.3 Å². The molecule has 0 radical (unpaired) electrons. The van der Waals surface area contributed by atoms with Crippen LogP contribution in [0.1, 0.15) is 5.56 Å². The van der Waals surface area contributed by atoms with Crippen LogP contribution in [-0.2, 0) is 9.53 Å². The summed E-state index contributed by atoms with van der Waals surface area (Å²) in [4.78, 5) is 10.6. The smallest absolute Gasteiger partial charge is 0.328 e. The minimum absolute atomic E-state index is 0.166. The molecule has 0 aromatic heterocycles. The van der Waals surface area contributed by atoms with E-state index in [0.29, 0.717) is 5.56 Å². The Morgan fingerprint density at radius 1 is 1.20 bits per heavy atom. The summed E-state index contributed by atoms with van der Waals surface area (Å²) in [6.07, 6.45) is -4.69.